The highest BCUT2D eigenvalue weighted by atomic mass is 14.5. The van der Waals surface area contributed by atoms with Crippen molar-refractivity contribution in [3.8, 4) is 0 Å². The number of hydrogen-bond donors (Lipinski definition) is 2. The van der Waals surface area contributed by atoms with Crippen molar-refractivity contribution in [2.24, 2.45) is 11.5 Å². The quantitative estimate of drug-likeness (QED) is 0.843. The topological polar surface area (TPSA) is 52.0 Å². The number of allylic oxidation sites excluding steroid dienone is 4. The third-order valence-electron chi connectivity index (χ3n) is 4.85. The lowest BCUT2D eigenvalue weighted by Gasteiger charge is -2.13. The van der Waals surface area contributed by atoms with Gasteiger partial charge in [0.1, 0.15) is 0 Å². The minimum atomic E-state index is 0.580. The molecule has 4 N–H and O–H groups in total. The van der Waals surface area contributed by atoms with Gasteiger partial charge in [-0.25, -0.2) is 0 Å². The molecular formula is C22H26N2. The molecule has 2 aromatic carbocycles. The van der Waals surface area contributed by atoms with Gasteiger partial charge in [-0.15, -0.1) is 0 Å². The maximum atomic E-state index is 5.83. The Kier molecular flexibility index (Phi) is 4.98. The molecule has 0 atom stereocenters. The van der Waals surface area contributed by atoms with E-state index in [1.54, 1.807) is 0 Å². The second kappa shape index (κ2) is 7.16. The Hall–Kier alpha value is -2.16. The Morgan fingerprint density at radius 1 is 0.875 bits per heavy atom. The van der Waals surface area contributed by atoms with Crippen LogP contribution in [-0.2, 0) is 13.1 Å². The lowest BCUT2D eigenvalue weighted by atomic mass is 9.92. The molecule has 0 fully saturated rings. The molecule has 2 nitrogen and oxygen atoms in total. The summed E-state index contributed by atoms with van der Waals surface area (Å²) in [5.74, 6) is 0. The Balaban J connectivity index is 2.09. The zero-order valence-corrected chi connectivity index (χ0v) is 14.6. The molecule has 0 amide bonds. The summed E-state index contributed by atoms with van der Waals surface area (Å²) in [6.07, 6.45) is 2.04. The molecule has 124 valence electrons. The minimum absolute atomic E-state index is 0.580. The molecule has 0 saturated carbocycles. The largest absolute Gasteiger partial charge is 0.326 e. The van der Waals surface area contributed by atoms with E-state index in [4.69, 9.17) is 11.5 Å². The summed E-state index contributed by atoms with van der Waals surface area (Å²) < 4.78 is 0. The average molecular weight is 318 g/mol. The van der Waals surface area contributed by atoms with Gasteiger partial charge in [0.2, 0.25) is 0 Å². The van der Waals surface area contributed by atoms with Crippen LogP contribution in [0.2, 0.25) is 0 Å². The monoisotopic (exact) mass is 318 g/mol. The lowest BCUT2D eigenvalue weighted by Crippen LogP contribution is -1.98. The first-order chi connectivity index (χ1) is 11.7. The van der Waals surface area contributed by atoms with Crippen LogP contribution in [0, 0.1) is 0 Å². The lowest BCUT2D eigenvalue weighted by molar-refractivity contribution is 1.07. The standard InChI is InChI=1S/C22H26N2/c1-3-20-21(18-8-4-6-16(11-18)13-23)10-15(2)22(20)19-9-5-7-17(12-19)14-24/h4-9,11-12H,3,10,13-14,23-24H2,1-2H3. The van der Waals surface area contributed by atoms with Crippen molar-refractivity contribution in [1.29, 1.82) is 0 Å². The highest BCUT2D eigenvalue weighted by molar-refractivity contribution is 5.96. The van der Waals surface area contributed by atoms with Crippen LogP contribution in [0.1, 0.15) is 48.9 Å². The maximum Gasteiger partial charge on any atom is 0.0178 e. The van der Waals surface area contributed by atoms with Crippen molar-refractivity contribution in [1.82, 2.24) is 0 Å². The molecule has 0 bridgehead atoms. The summed E-state index contributed by atoms with van der Waals surface area (Å²) >= 11 is 0. The molecule has 24 heavy (non-hydrogen) atoms. The first-order valence-electron chi connectivity index (χ1n) is 8.68. The van der Waals surface area contributed by atoms with Gasteiger partial charge in [0.05, 0.1) is 0 Å². The molecule has 0 radical (unpaired) electrons. The summed E-state index contributed by atoms with van der Waals surface area (Å²) in [4.78, 5) is 0. The molecule has 2 heteroatoms. The van der Waals surface area contributed by atoms with Crippen LogP contribution in [0.5, 0.6) is 0 Å². The van der Waals surface area contributed by atoms with Crippen molar-refractivity contribution in [2.75, 3.05) is 0 Å². The van der Waals surface area contributed by atoms with Crippen LogP contribution in [0.25, 0.3) is 11.1 Å². The first kappa shape index (κ1) is 16.7. The third-order valence-corrected chi connectivity index (χ3v) is 4.85. The molecule has 0 spiro atoms. The van der Waals surface area contributed by atoms with Crippen molar-refractivity contribution in [3.05, 3.63) is 81.9 Å². The zero-order chi connectivity index (χ0) is 17.1. The molecule has 0 aromatic heterocycles. The molecule has 0 heterocycles. The van der Waals surface area contributed by atoms with Crippen LogP contribution < -0.4 is 11.5 Å². The molecule has 3 rings (SSSR count). The molecule has 0 unspecified atom stereocenters. The second-order valence-electron chi connectivity index (χ2n) is 6.45. The first-order valence-corrected chi connectivity index (χ1v) is 8.68. The van der Waals surface area contributed by atoms with Gasteiger partial charge in [-0.2, -0.15) is 0 Å². The van der Waals surface area contributed by atoms with Gasteiger partial charge in [-0.3, -0.25) is 0 Å². The summed E-state index contributed by atoms with van der Waals surface area (Å²) in [6.45, 7) is 5.66. The van der Waals surface area contributed by atoms with Crippen LogP contribution in [0.3, 0.4) is 0 Å². The van der Waals surface area contributed by atoms with Gasteiger partial charge in [0.25, 0.3) is 0 Å². The molecule has 0 aliphatic heterocycles. The number of benzene rings is 2. The number of rotatable bonds is 5. The van der Waals surface area contributed by atoms with E-state index < -0.39 is 0 Å². The third kappa shape index (κ3) is 3.08. The van der Waals surface area contributed by atoms with Crippen LogP contribution in [-0.4, -0.2) is 0 Å². The van der Waals surface area contributed by atoms with E-state index >= 15 is 0 Å². The van der Waals surface area contributed by atoms with Gasteiger partial charge in [-0.1, -0.05) is 55.0 Å². The van der Waals surface area contributed by atoms with Crippen LogP contribution >= 0.6 is 0 Å². The van der Waals surface area contributed by atoms with E-state index in [0.29, 0.717) is 13.1 Å². The van der Waals surface area contributed by atoms with E-state index in [0.717, 1.165) is 12.8 Å². The summed E-state index contributed by atoms with van der Waals surface area (Å²) in [5.41, 5.74) is 22.4. The van der Waals surface area contributed by atoms with Crippen molar-refractivity contribution >= 4 is 11.1 Å². The van der Waals surface area contributed by atoms with E-state index in [9.17, 15) is 0 Å². The zero-order valence-electron chi connectivity index (χ0n) is 14.6. The summed E-state index contributed by atoms with van der Waals surface area (Å²) in [6, 6.07) is 17.3. The molecule has 1 aliphatic carbocycles. The van der Waals surface area contributed by atoms with Crippen LogP contribution in [0.15, 0.2) is 59.7 Å². The van der Waals surface area contributed by atoms with Gasteiger partial charge < -0.3 is 11.5 Å². The maximum absolute atomic E-state index is 5.83. The average Bonchev–Trinajstić information content (AvgIpc) is 2.98. The van der Waals surface area contributed by atoms with Crippen molar-refractivity contribution in [2.45, 2.75) is 39.8 Å². The van der Waals surface area contributed by atoms with Gasteiger partial charge >= 0.3 is 0 Å². The SMILES string of the molecule is CCC1=C(c2cccc(CN)c2)CC(C)=C1c1cccc(CN)c1. The normalized spacial score (nSPS) is 14.7. The van der Waals surface area contributed by atoms with E-state index in [1.165, 1.54) is 44.5 Å². The Bertz CT molecular complexity index is 812. The Morgan fingerprint density at radius 2 is 1.46 bits per heavy atom. The smallest absolute Gasteiger partial charge is 0.0178 e. The van der Waals surface area contributed by atoms with Crippen LogP contribution in [0.4, 0.5) is 0 Å². The van der Waals surface area contributed by atoms with Gasteiger partial charge in [-0.05, 0) is 64.8 Å². The summed E-state index contributed by atoms with van der Waals surface area (Å²) in [7, 11) is 0. The fraction of sp³-hybridized carbons (Fsp3) is 0.273. The van der Waals surface area contributed by atoms with Crippen molar-refractivity contribution < 1.29 is 0 Å². The summed E-state index contributed by atoms with van der Waals surface area (Å²) in [5, 5.41) is 0. The minimum Gasteiger partial charge on any atom is -0.326 e. The highest BCUT2D eigenvalue weighted by Crippen LogP contribution is 2.44. The number of nitrogens with two attached hydrogens (primary N) is 2. The van der Waals surface area contributed by atoms with Gasteiger partial charge in [0.15, 0.2) is 0 Å². The highest BCUT2D eigenvalue weighted by Gasteiger charge is 2.23. The fourth-order valence-electron chi connectivity index (χ4n) is 3.70. The predicted molar refractivity (Wildman–Crippen MR) is 103 cm³/mol. The molecular weight excluding hydrogens is 292 g/mol. The van der Waals surface area contributed by atoms with E-state index in [-0.39, 0.29) is 0 Å². The van der Waals surface area contributed by atoms with Crippen molar-refractivity contribution in [3.63, 3.8) is 0 Å². The van der Waals surface area contributed by atoms with Gasteiger partial charge in [0, 0.05) is 13.1 Å². The Labute approximate surface area is 144 Å². The molecule has 2 aromatic rings. The Morgan fingerprint density at radius 3 is 2.04 bits per heavy atom. The predicted octanol–water partition coefficient (Wildman–Crippen LogP) is 4.65. The molecule has 0 saturated heterocycles. The molecule has 1 aliphatic rings. The number of hydrogen-bond acceptors (Lipinski definition) is 2. The van der Waals surface area contributed by atoms with E-state index in [1.807, 2.05) is 0 Å². The second-order valence-corrected chi connectivity index (χ2v) is 6.45. The fourth-order valence-corrected chi connectivity index (χ4v) is 3.70. The van der Waals surface area contributed by atoms with E-state index in [2.05, 4.69) is 62.4 Å².